The first kappa shape index (κ1) is 45.2. The molecule has 4 N–H and O–H groups in total. The van der Waals surface area contributed by atoms with Crippen molar-refractivity contribution in [2.75, 3.05) is 26.7 Å². The summed E-state index contributed by atoms with van der Waals surface area (Å²) in [6.07, 6.45) is 1.78. The van der Waals surface area contributed by atoms with Crippen LogP contribution in [0.5, 0.6) is 0 Å². The van der Waals surface area contributed by atoms with Crippen LogP contribution >= 0.6 is 0 Å². The summed E-state index contributed by atoms with van der Waals surface area (Å²) in [5, 5.41) is 19.6. The molecule has 0 bridgehead atoms. The topological polar surface area (TPSA) is 169 Å². The van der Waals surface area contributed by atoms with E-state index >= 15 is 0 Å². The number of hydrogen-bond acceptors (Lipinski definition) is 9. The molecule has 14 nitrogen and oxygen atoms in total. The maximum atomic E-state index is 14.6. The Morgan fingerprint density at radius 2 is 1.50 bits per heavy atom. The number of aliphatic hydroxyl groups excluding tert-OH is 1. The van der Waals surface area contributed by atoms with Crippen LogP contribution in [0.15, 0.2) is 97.3 Å². The minimum Gasteiger partial charge on any atom is -0.453 e. The maximum absolute atomic E-state index is 14.6. The summed E-state index contributed by atoms with van der Waals surface area (Å²) in [7, 11) is 1.23. The van der Waals surface area contributed by atoms with Crippen molar-refractivity contribution in [3.05, 3.63) is 120 Å². The fraction of sp³-hybridized carbons (Fsp3) is 0.435. The van der Waals surface area contributed by atoms with Crippen LogP contribution in [0.25, 0.3) is 11.3 Å². The van der Waals surface area contributed by atoms with E-state index in [0.29, 0.717) is 19.6 Å². The number of amides is 5. The summed E-state index contributed by atoms with van der Waals surface area (Å²) in [6, 6.07) is 23.8. The van der Waals surface area contributed by atoms with Crippen molar-refractivity contribution < 1.29 is 29.0 Å². The number of methoxy groups -OCH3 is 1. The van der Waals surface area contributed by atoms with E-state index in [2.05, 4.69) is 26.0 Å². The van der Waals surface area contributed by atoms with E-state index in [-0.39, 0.29) is 25.5 Å². The van der Waals surface area contributed by atoms with Gasteiger partial charge in [0.25, 0.3) is 5.91 Å². The lowest BCUT2D eigenvalue weighted by Gasteiger charge is -2.38. The van der Waals surface area contributed by atoms with Gasteiger partial charge in [0.1, 0.15) is 12.1 Å². The van der Waals surface area contributed by atoms with E-state index in [4.69, 9.17) is 4.74 Å². The number of hydrogen-bond donors (Lipinski definition) is 4. The molecule has 0 radical (unpaired) electrons. The number of ether oxygens (including phenoxy) is 1. The third kappa shape index (κ3) is 12.3. The van der Waals surface area contributed by atoms with E-state index in [0.717, 1.165) is 33.6 Å². The standard InChI is InChI=1S/C46H60N8O6/c1-31-17-18-34(27-48-31)28-52-24-25-54(44(52)59)40(46(5,6)7)42(57)49-37(26-32-14-10-9-11-15-32)38(55)30-53(51-41(56)39(45(2,3)4)50-43(58)60-8)29-33-19-21-35(22-20-33)36-16-12-13-23-47-36/h9-23,27,37-40,55H,24-26,28-30H2,1-8H3,(H,49,57)(H,50,58)(H,51,56). The molecule has 14 heteroatoms. The SMILES string of the molecule is COC(=O)NC(C(=O)NN(Cc1ccc(-c2ccccn2)cc1)CC(O)C(Cc1ccccc1)NC(=O)C(N1CCN(Cc2ccc(C)nc2)C1=O)C(C)(C)C)C(C)(C)C. The zero-order chi connectivity index (χ0) is 43.6. The molecular formula is C46H60N8O6. The van der Waals surface area contributed by atoms with Gasteiger partial charge in [-0.2, -0.15) is 0 Å². The lowest BCUT2D eigenvalue weighted by atomic mass is 9.84. The second-order valence-corrected chi connectivity index (χ2v) is 17.5. The minimum atomic E-state index is -1.22. The molecule has 1 aliphatic heterocycles. The van der Waals surface area contributed by atoms with Crippen LogP contribution in [-0.4, -0.2) is 105 Å². The van der Waals surface area contributed by atoms with Crippen LogP contribution in [0.3, 0.4) is 0 Å². The fourth-order valence-corrected chi connectivity index (χ4v) is 7.33. The molecule has 1 fully saturated rings. The fourth-order valence-electron chi connectivity index (χ4n) is 7.33. The maximum Gasteiger partial charge on any atom is 0.407 e. The number of urea groups is 1. The average Bonchev–Trinajstić information content (AvgIpc) is 3.55. The molecular weight excluding hydrogens is 761 g/mol. The Morgan fingerprint density at radius 3 is 2.10 bits per heavy atom. The van der Waals surface area contributed by atoms with E-state index in [1.807, 2.05) is 133 Å². The van der Waals surface area contributed by atoms with Gasteiger partial charge < -0.3 is 30.3 Å². The largest absolute Gasteiger partial charge is 0.453 e. The lowest BCUT2D eigenvalue weighted by molar-refractivity contribution is -0.133. The molecule has 2 aromatic carbocycles. The number of alkyl carbamates (subject to hydrolysis) is 1. The number of aromatic nitrogens is 2. The van der Waals surface area contributed by atoms with Crippen molar-refractivity contribution in [1.29, 1.82) is 0 Å². The lowest BCUT2D eigenvalue weighted by Crippen LogP contribution is -2.61. The number of pyridine rings is 2. The van der Waals surface area contributed by atoms with Crippen LogP contribution in [0, 0.1) is 17.8 Å². The number of nitrogens with zero attached hydrogens (tertiary/aromatic N) is 5. The Kier molecular flexibility index (Phi) is 15.0. The Labute approximate surface area is 353 Å². The van der Waals surface area contributed by atoms with Crippen LogP contribution in [0.2, 0.25) is 0 Å². The Balaban J connectivity index is 1.41. The molecule has 4 atom stereocenters. The second-order valence-electron chi connectivity index (χ2n) is 17.5. The van der Waals surface area contributed by atoms with Gasteiger partial charge in [-0.3, -0.25) is 25.0 Å². The van der Waals surface area contributed by atoms with E-state index < -0.39 is 53.0 Å². The number of nitrogens with one attached hydrogen (secondary N) is 3. The predicted octanol–water partition coefficient (Wildman–Crippen LogP) is 5.50. The highest BCUT2D eigenvalue weighted by molar-refractivity contribution is 5.89. The predicted molar refractivity (Wildman–Crippen MR) is 230 cm³/mol. The molecule has 0 spiro atoms. The molecule has 3 heterocycles. The number of aliphatic hydroxyl groups is 1. The third-order valence-corrected chi connectivity index (χ3v) is 10.5. The highest BCUT2D eigenvalue weighted by atomic mass is 16.5. The zero-order valence-corrected chi connectivity index (χ0v) is 36.0. The average molecular weight is 821 g/mol. The number of carbonyl (C=O) groups is 4. The van der Waals surface area contributed by atoms with Gasteiger partial charge in [-0.05, 0) is 59.1 Å². The van der Waals surface area contributed by atoms with E-state index in [1.54, 1.807) is 27.2 Å². The second kappa shape index (κ2) is 19.9. The Bertz CT molecular complexity index is 2040. The molecule has 320 valence electrons. The first-order valence-electron chi connectivity index (χ1n) is 20.3. The molecule has 4 unspecified atom stereocenters. The van der Waals surface area contributed by atoms with Crippen molar-refractivity contribution in [2.45, 2.75) is 92.2 Å². The van der Waals surface area contributed by atoms with Gasteiger partial charge in [0.2, 0.25) is 5.91 Å². The number of benzene rings is 2. The highest BCUT2D eigenvalue weighted by Crippen LogP contribution is 2.29. The monoisotopic (exact) mass is 820 g/mol. The molecule has 1 aliphatic rings. The van der Waals surface area contributed by atoms with Crippen molar-refractivity contribution in [1.82, 2.24) is 40.8 Å². The molecule has 5 rings (SSSR count). The number of rotatable bonds is 16. The quantitative estimate of drug-likeness (QED) is 0.107. The summed E-state index contributed by atoms with van der Waals surface area (Å²) < 4.78 is 4.83. The van der Waals surface area contributed by atoms with Crippen LogP contribution in [0.4, 0.5) is 9.59 Å². The smallest absolute Gasteiger partial charge is 0.407 e. The number of carbonyl (C=O) groups excluding carboxylic acids is 4. The highest BCUT2D eigenvalue weighted by Gasteiger charge is 2.44. The van der Waals surface area contributed by atoms with Crippen LogP contribution < -0.4 is 16.1 Å². The summed E-state index contributed by atoms with van der Waals surface area (Å²) in [5.41, 5.74) is 6.78. The van der Waals surface area contributed by atoms with Crippen LogP contribution in [0.1, 0.15) is 63.9 Å². The minimum absolute atomic E-state index is 0.109. The van der Waals surface area contributed by atoms with Gasteiger partial charge in [-0.1, -0.05) is 108 Å². The van der Waals surface area contributed by atoms with Gasteiger partial charge in [0, 0.05) is 56.4 Å². The summed E-state index contributed by atoms with van der Waals surface area (Å²) in [4.78, 5) is 67.0. The Hall–Kier alpha value is -5.86. The Morgan fingerprint density at radius 1 is 0.817 bits per heavy atom. The summed E-state index contributed by atoms with van der Waals surface area (Å²) >= 11 is 0. The van der Waals surface area contributed by atoms with Crippen molar-refractivity contribution in [3.8, 4) is 11.3 Å². The molecule has 5 amide bonds. The molecule has 60 heavy (non-hydrogen) atoms. The van der Waals surface area contributed by atoms with E-state index in [1.165, 1.54) is 7.11 Å². The number of hydrazine groups is 1. The number of aryl methyl sites for hydroxylation is 1. The first-order chi connectivity index (χ1) is 28.4. The third-order valence-electron chi connectivity index (χ3n) is 10.5. The molecule has 2 aromatic heterocycles. The van der Waals surface area contributed by atoms with Crippen molar-refractivity contribution in [3.63, 3.8) is 0 Å². The van der Waals surface area contributed by atoms with Crippen LogP contribution in [-0.2, 0) is 33.8 Å². The molecule has 1 saturated heterocycles. The van der Waals surface area contributed by atoms with Gasteiger partial charge in [-0.15, -0.1) is 0 Å². The van der Waals surface area contributed by atoms with Gasteiger partial charge >= 0.3 is 12.1 Å². The normalized spacial score (nSPS) is 15.3. The van der Waals surface area contributed by atoms with Gasteiger partial charge in [0.15, 0.2) is 0 Å². The summed E-state index contributed by atoms with van der Waals surface area (Å²) in [5.74, 6) is -0.911. The van der Waals surface area contributed by atoms with Gasteiger partial charge in [-0.25, -0.2) is 14.6 Å². The zero-order valence-electron chi connectivity index (χ0n) is 36.0. The van der Waals surface area contributed by atoms with Gasteiger partial charge in [0.05, 0.1) is 24.9 Å². The molecule has 0 aliphatic carbocycles. The first-order valence-corrected chi connectivity index (χ1v) is 20.3. The van der Waals surface area contributed by atoms with Crippen molar-refractivity contribution in [2.24, 2.45) is 10.8 Å². The van der Waals surface area contributed by atoms with E-state index in [9.17, 15) is 24.3 Å². The van der Waals surface area contributed by atoms with Crippen molar-refractivity contribution >= 4 is 23.9 Å². The molecule has 4 aromatic rings. The summed E-state index contributed by atoms with van der Waals surface area (Å²) in [6.45, 7) is 14.4. The molecule has 0 saturated carbocycles.